The molecule has 2 heterocycles. The Morgan fingerprint density at radius 1 is 0.633 bits per heavy atom. The summed E-state index contributed by atoms with van der Waals surface area (Å²) in [6.45, 7) is 3.80. The van der Waals surface area contributed by atoms with Crippen LogP contribution in [-0.2, 0) is 46.6 Å². The van der Waals surface area contributed by atoms with Gasteiger partial charge < -0.3 is 6.92 Å². The van der Waals surface area contributed by atoms with Crippen LogP contribution in [0.5, 0.6) is 0 Å². The molecule has 0 aliphatic rings. The molecule has 0 bridgehead atoms. The molecule has 5 aromatic rings. The molecule has 0 atom stereocenters. The van der Waals surface area contributed by atoms with Gasteiger partial charge in [-0.25, -0.2) is 0 Å². The minimum atomic E-state index is 0. The molecule has 0 saturated heterocycles. The van der Waals surface area contributed by atoms with E-state index in [0.717, 1.165) is 34.4 Å². The molecule has 0 N–H and O–H groups in total. The van der Waals surface area contributed by atoms with E-state index in [-0.39, 0.29) is 40.2 Å². The van der Waals surface area contributed by atoms with Gasteiger partial charge in [0.1, 0.15) is 0 Å². The maximum absolute atomic E-state index is 4.61. The van der Waals surface area contributed by atoms with Crippen molar-refractivity contribution in [1.29, 1.82) is 0 Å². The van der Waals surface area contributed by atoms with Gasteiger partial charge in [0.15, 0.2) is 0 Å². The Morgan fingerprint density at radius 3 is 1.87 bits per heavy atom. The van der Waals surface area contributed by atoms with Crippen LogP contribution in [0.3, 0.4) is 0 Å². The molecule has 0 aliphatic heterocycles. The quantitative estimate of drug-likeness (QED) is 0.198. The summed E-state index contributed by atoms with van der Waals surface area (Å²) in [6, 6.07) is 35.6. The van der Waals surface area contributed by atoms with Gasteiger partial charge in [-0.3, -0.25) is 9.97 Å². The molecule has 5 rings (SSSR count). The Kier molecular flexibility index (Phi) is 9.49. The largest absolute Gasteiger partial charge is 0.338 e. The smallest absolute Gasteiger partial charge is 0.0704 e. The zero-order valence-corrected chi connectivity index (χ0v) is 21.0. The third kappa shape index (κ3) is 5.90. The van der Waals surface area contributed by atoms with E-state index in [2.05, 4.69) is 47.2 Å². The number of aromatic nitrogens is 2. The molecule has 2 aromatic heterocycles. The second-order valence-electron chi connectivity index (χ2n) is 6.41. The standard InChI is InChI=1S/C15H10N.C11H10N.2Ir/c1-2-6-12(7-3-1)15-11-10-13-8-4-5-9-14(13)16-15;1-2-10-8-7-9-5-3-4-6-11(9)12-10;;/h1-6,8-11H;3-8H,1-2H2;;/q2*-1;;. The van der Waals surface area contributed by atoms with Crippen LogP contribution in [0, 0.1) is 13.0 Å². The molecule has 2 radical (unpaired) electrons. The van der Waals surface area contributed by atoms with Gasteiger partial charge in [0, 0.05) is 51.3 Å². The normalized spacial score (nSPS) is 9.77. The number of para-hydroxylation sites is 2. The van der Waals surface area contributed by atoms with Crippen LogP contribution in [-0.4, -0.2) is 9.97 Å². The fourth-order valence-corrected chi connectivity index (χ4v) is 3.02. The van der Waals surface area contributed by atoms with E-state index >= 15 is 0 Å². The Balaban J connectivity index is 0.000000207. The maximum atomic E-state index is 4.61. The van der Waals surface area contributed by atoms with Crippen molar-refractivity contribution in [3.05, 3.63) is 116 Å². The molecule has 2 nitrogen and oxygen atoms in total. The number of nitrogens with zero attached hydrogens (tertiary/aromatic N) is 2. The second-order valence-corrected chi connectivity index (χ2v) is 6.41. The van der Waals surface area contributed by atoms with Crippen LogP contribution in [0.25, 0.3) is 33.1 Å². The minimum absolute atomic E-state index is 0. The van der Waals surface area contributed by atoms with E-state index in [0.29, 0.717) is 0 Å². The fourth-order valence-electron chi connectivity index (χ4n) is 3.02. The Bertz CT molecular complexity index is 1210. The number of benzene rings is 3. The number of rotatable bonds is 2. The van der Waals surface area contributed by atoms with Crippen LogP contribution in [0.2, 0.25) is 0 Å². The molecule has 0 fully saturated rings. The molecule has 30 heavy (non-hydrogen) atoms. The van der Waals surface area contributed by atoms with Crippen molar-refractivity contribution >= 4 is 21.8 Å². The van der Waals surface area contributed by atoms with Gasteiger partial charge in [-0.15, -0.1) is 42.3 Å². The first-order chi connectivity index (χ1) is 13.8. The topological polar surface area (TPSA) is 25.8 Å². The van der Waals surface area contributed by atoms with Crippen LogP contribution in [0.4, 0.5) is 0 Å². The van der Waals surface area contributed by atoms with Gasteiger partial charge in [0.25, 0.3) is 0 Å². The van der Waals surface area contributed by atoms with Crippen molar-refractivity contribution in [2.75, 3.05) is 0 Å². The molecule has 0 saturated carbocycles. The first-order valence-corrected chi connectivity index (χ1v) is 9.30. The summed E-state index contributed by atoms with van der Waals surface area (Å²) in [6.07, 6.45) is 0.755. The van der Waals surface area contributed by atoms with Crippen molar-refractivity contribution in [3.8, 4) is 11.3 Å². The summed E-state index contributed by atoms with van der Waals surface area (Å²) >= 11 is 0. The van der Waals surface area contributed by atoms with Crippen LogP contribution in [0.1, 0.15) is 5.69 Å². The Labute approximate surface area is 204 Å². The maximum Gasteiger partial charge on any atom is 0.0704 e. The van der Waals surface area contributed by atoms with E-state index in [4.69, 9.17) is 0 Å². The van der Waals surface area contributed by atoms with Crippen molar-refractivity contribution in [1.82, 2.24) is 9.97 Å². The molecule has 0 spiro atoms. The van der Waals surface area contributed by atoms with Gasteiger partial charge in [-0.2, -0.15) is 0 Å². The van der Waals surface area contributed by atoms with Crippen LogP contribution < -0.4 is 0 Å². The Morgan fingerprint density at radius 2 is 1.23 bits per heavy atom. The van der Waals surface area contributed by atoms with Crippen molar-refractivity contribution in [3.63, 3.8) is 0 Å². The zero-order valence-electron chi connectivity index (χ0n) is 16.2. The number of pyridine rings is 2. The van der Waals surface area contributed by atoms with E-state index in [1.165, 1.54) is 10.8 Å². The zero-order chi connectivity index (χ0) is 19.2. The molecule has 0 amide bonds. The third-order valence-corrected chi connectivity index (χ3v) is 4.50. The molecule has 0 unspecified atom stereocenters. The first kappa shape index (κ1) is 24.1. The summed E-state index contributed by atoms with van der Waals surface area (Å²) in [5.41, 5.74) is 5.14. The van der Waals surface area contributed by atoms with E-state index < -0.39 is 0 Å². The van der Waals surface area contributed by atoms with E-state index in [1.807, 2.05) is 72.8 Å². The van der Waals surface area contributed by atoms with Gasteiger partial charge in [0.2, 0.25) is 0 Å². The van der Waals surface area contributed by atoms with Crippen molar-refractivity contribution < 1.29 is 40.2 Å². The number of fused-ring (bicyclic) bond motifs is 2. The van der Waals surface area contributed by atoms with E-state index in [1.54, 1.807) is 0 Å². The van der Waals surface area contributed by atoms with Gasteiger partial charge >= 0.3 is 0 Å². The second kappa shape index (κ2) is 11.8. The molecule has 4 heteroatoms. The van der Waals surface area contributed by atoms with Crippen LogP contribution in [0.15, 0.2) is 97.1 Å². The summed E-state index contributed by atoms with van der Waals surface area (Å²) < 4.78 is 0. The summed E-state index contributed by atoms with van der Waals surface area (Å²) in [5.74, 6) is 0. The minimum Gasteiger partial charge on any atom is -0.338 e. The third-order valence-electron chi connectivity index (χ3n) is 4.50. The average Bonchev–Trinajstić information content (AvgIpc) is 2.79. The molecule has 3 aromatic carbocycles. The van der Waals surface area contributed by atoms with Gasteiger partial charge in [0.05, 0.1) is 11.0 Å². The monoisotopic (exact) mass is 746 g/mol. The molecular weight excluding hydrogens is 725 g/mol. The summed E-state index contributed by atoms with van der Waals surface area (Å²) in [4.78, 5) is 9.05. The summed E-state index contributed by atoms with van der Waals surface area (Å²) in [7, 11) is 0. The predicted octanol–water partition coefficient (Wildman–Crippen LogP) is 6.31. The van der Waals surface area contributed by atoms with Gasteiger partial charge in [-0.05, 0) is 29.3 Å². The summed E-state index contributed by atoms with van der Waals surface area (Å²) in [5, 5.41) is 2.36. The predicted molar refractivity (Wildman–Crippen MR) is 117 cm³/mol. The van der Waals surface area contributed by atoms with E-state index in [9.17, 15) is 0 Å². The molecule has 154 valence electrons. The number of hydrogen-bond donors (Lipinski definition) is 0. The van der Waals surface area contributed by atoms with Crippen molar-refractivity contribution in [2.45, 2.75) is 6.42 Å². The number of hydrogen-bond acceptors (Lipinski definition) is 2. The first-order valence-electron chi connectivity index (χ1n) is 9.30. The fraction of sp³-hybridized carbons (Fsp3) is 0.0385. The molecular formula is C26H20Ir2N2-2. The Hall–Kier alpha value is -2.22. The van der Waals surface area contributed by atoms with Crippen molar-refractivity contribution in [2.24, 2.45) is 0 Å². The molecule has 0 aliphatic carbocycles. The van der Waals surface area contributed by atoms with Crippen LogP contribution >= 0.6 is 0 Å². The SMILES string of the molecule is [CH2-]Cc1ccc2ccccc2n1.[Ir].[Ir].[c-]1ccccc1-c1ccc2ccccc2n1. The average molecular weight is 745 g/mol. The van der Waals surface area contributed by atoms with Gasteiger partial charge in [-0.1, -0.05) is 54.6 Å².